The molecule has 1 aliphatic carbocycles. The summed E-state index contributed by atoms with van der Waals surface area (Å²) in [4.78, 5) is 23.5. The Morgan fingerprint density at radius 2 is 2.21 bits per heavy atom. The van der Waals surface area contributed by atoms with Crippen LogP contribution in [0.4, 0.5) is 4.39 Å². The molecule has 19 heavy (non-hydrogen) atoms. The molecule has 2 rings (SSSR count). The van der Waals surface area contributed by atoms with Crippen LogP contribution in [0.5, 0.6) is 0 Å². The number of benzene rings is 1. The Morgan fingerprint density at radius 3 is 2.95 bits per heavy atom. The molecule has 1 unspecified atom stereocenters. The molecule has 0 heterocycles. The lowest BCUT2D eigenvalue weighted by molar-refractivity contribution is -0.135. The average molecular weight is 263 g/mol. The third kappa shape index (κ3) is 3.88. The van der Waals surface area contributed by atoms with Crippen LogP contribution in [0.15, 0.2) is 24.3 Å². The molecule has 4 heteroatoms. The second-order valence-electron chi connectivity index (χ2n) is 4.94. The smallest absolute Gasteiger partial charge is 0.230 e. The van der Waals surface area contributed by atoms with Crippen molar-refractivity contribution in [2.45, 2.75) is 32.1 Å². The highest BCUT2D eigenvalue weighted by atomic mass is 19.1. The molecule has 0 saturated heterocycles. The van der Waals surface area contributed by atoms with Gasteiger partial charge in [0, 0.05) is 13.0 Å². The molecule has 102 valence electrons. The molecule has 0 aliphatic heterocycles. The maximum Gasteiger partial charge on any atom is 0.230 e. The second kappa shape index (κ2) is 6.45. The number of carbonyl (C=O) groups excluding carboxylic acids is 2. The van der Waals surface area contributed by atoms with Gasteiger partial charge in [0.25, 0.3) is 0 Å². The Hall–Kier alpha value is -1.71. The number of hydrogen-bond donors (Lipinski definition) is 1. The summed E-state index contributed by atoms with van der Waals surface area (Å²) in [5.41, 5.74) is 0.843. The van der Waals surface area contributed by atoms with E-state index in [1.807, 2.05) is 6.07 Å². The summed E-state index contributed by atoms with van der Waals surface area (Å²) in [6, 6.07) is 6.32. The predicted octanol–water partition coefficient (Wildman–Crippen LogP) is 2.24. The lowest BCUT2D eigenvalue weighted by atomic mass is 9.87. The fourth-order valence-corrected chi connectivity index (χ4v) is 2.41. The van der Waals surface area contributed by atoms with Crippen LogP contribution in [0.3, 0.4) is 0 Å². The predicted molar refractivity (Wildman–Crippen MR) is 70.1 cm³/mol. The summed E-state index contributed by atoms with van der Waals surface area (Å²) < 4.78 is 13.0. The van der Waals surface area contributed by atoms with Gasteiger partial charge in [0.2, 0.25) is 5.91 Å². The first kappa shape index (κ1) is 13.7. The van der Waals surface area contributed by atoms with E-state index in [1.165, 1.54) is 12.1 Å². The minimum absolute atomic E-state index is 0.0505. The van der Waals surface area contributed by atoms with Crippen molar-refractivity contribution in [1.29, 1.82) is 0 Å². The molecule has 1 N–H and O–H groups in total. The van der Waals surface area contributed by atoms with Crippen LogP contribution in [0.1, 0.15) is 31.2 Å². The molecule has 1 aliphatic rings. The fraction of sp³-hybridized carbons (Fsp3) is 0.467. The van der Waals surface area contributed by atoms with Crippen LogP contribution in [-0.4, -0.2) is 18.2 Å². The lowest BCUT2D eigenvalue weighted by Crippen LogP contribution is -2.37. The van der Waals surface area contributed by atoms with E-state index in [0.717, 1.165) is 18.4 Å². The largest absolute Gasteiger partial charge is 0.355 e. The molecular weight excluding hydrogens is 245 g/mol. The van der Waals surface area contributed by atoms with Gasteiger partial charge in [0.05, 0.1) is 5.92 Å². The van der Waals surface area contributed by atoms with Crippen LogP contribution in [-0.2, 0) is 16.0 Å². The summed E-state index contributed by atoms with van der Waals surface area (Å²) in [5, 5.41) is 2.77. The van der Waals surface area contributed by atoms with Gasteiger partial charge in [-0.15, -0.1) is 0 Å². The van der Waals surface area contributed by atoms with Gasteiger partial charge in [-0.05, 0) is 37.0 Å². The minimum atomic E-state index is -0.471. The summed E-state index contributed by atoms with van der Waals surface area (Å²) in [5.74, 6) is -0.872. The van der Waals surface area contributed by atoms with E-state index in [0.29, 0.717) is 25.8 Å². The number of carbonyl (C=O) groups is 2. The van der Waals surface area contributed by atoms with Crippen molar-refractivity contribution in [1.82, 2.24) is 5.32 Å². The van der Waals surface area contributed by atoms with Crippen molar-refractivity contribution in [3.63, 3.8) is 0 Å². The van der Waals surface area contributed by atoms with Crippen LogP contribution < -0.4 is 5.32 Å². The van der Waals surface area contributed by atoms with E-state index in [1.54, 1.807) is 6.07 Å². The summed E-state index contributed by atoms with van der Waals surface area (Å²) in [6.07, 6.45) is 3.58. The van der Waals surface area contributed by atoms with Gasteiger partial charge in [0.1, 0.15) is 11.6 Å². The number of rotatable bonds is 4. The maximum atomic E-state index is 13.0. The van der Waals surface area contributed by atoms with E-state index in [9.17, 15) is 14.0 Å². The normalized spacial score (nSPS) is 19.2. The van der Waals surface area contributed by atoms with E-state index in [4.69, 9.17) is 0 Å². The van der Waals surface area contributed by atoms with E-state index >= 15 is 0 Å². The highest BCUT2D eigenvalue weighted by Gasteiger charge is 2.28. The molecule has 0 aromatic heterocycles. The number of hydrogen-bond acceptors (Lipinski definition) is 2. The molecule has 1 aromatic rings. The third-order valence-corrected chi connectivity index (χ3v) is 3.47. The molecule has 1 aromatic carbocycles. The number of ketones is 1. The third-order valence-electron chi connectivity index (χ3n) is 3.47. The van der Waals surface area contributed by atoms with Gasteiger partial charge in [-0.1, -0.05) is 18.6 Å². The maximum absolute atomic E-state index is 13.0. The Kier molecular flexibility index (Phi) is 4.66. The van der Waals surface area contributed by atoms with Crippen molar-refractivity contribution in [3.8, 4) is 0 Å². The summed E-state index contributed by atoms with van der Waals surface area (Å²) in [7, 11) is 0. The molecule has 1 atom stereocenters. The monoisotopic (exact) mass is 263 g/mol. The van der Waals surface area contributed by atoms with E-state index in [-0.39, 0.29) is 17.5 Å². The molecular formula is C15H18FNO2. The minimum Gasteiger partial charge on any atom is -0.355 e. The first-order valence-corrected chi connectivity index (χ1v) is 6.71. The number of halogens is 1. The molecule has 0 bridgehead atoms. The van der Waals surface area contributed by atoms with Crippen LogP contribution >= 0.6 is 0 Å². The SMILES string of the molecule is O=C1CCCCC1C(=O)NCCc1cccc(F)c1. The van der Waals surface area contributed by atoms with Gasteiger partial charge in [0.15, 0.2) is 0 Å². The highest BCUT2D eigenvalue weighted by molar-refractivity contribution is 6.01. The van der Waals surface area contributed by atoms with Gasteiger partial charge in [-0.3, -0.25) is 9.59 Å². The quantitative estimate of drug-likeness (QED) is 0.847. The molecule has 0 radical (unpaired) electrons. The summed E-state index contributed by atoms with van der Waals surface area (Å²) in [6.45, 7) is 0.437. The lowest BCUT2D eigenvalue weighted by Gasteiger charge is -2.19. The zero-order valence-corrected chi connectivity index (χ0v) is 10.8. The number of amides is 1. The Labute approximate surface area is 112 Å². The molecule has 0 spiro atoms. The van der Waals surface area contributed by atoms with Crippen molar-refractivity contribution in [3.05, 3.63) is 35.6 Å². The van der Waals surface area contributed by atoms with Gasteiger partial charge < -0.3 is 5.32 Å². The van der Waals surface area contributed by atoms with Crippen LogP contribution in [0.2, 0.25) is 0 Å². The van der Waals surface area contributed by atoms with E-state index in [2.05, 4.69) is 5.32 Å². The first-order chi connectivity index (χ1) is 9.16. The topological polar surface area (TPSA) is 46.2 Å². The average Bonchev–Trinajstić information content (AvgIpc) is 2.39. The van der Waals surface area contributed by atoms with Crippen LogP contribution in [0.25, 0.3) is 0 Å². The number of nitrogens with one attached hydrogen (secondary N) is 1. The Balaban J connectivity index is 1.79. The van der Waals surface area contributed by atoms with E-state index < -0.39 is 5.92 Å². The van der Waals surface area contributed by atoms with Gasteiger partial charge in [-0.25, -0.2) is 4.39 Å². The zero-order valence-electron chi connectivity index (χ0n) is 10.8. The molecule has 1 saturated carbocycles. The highest BCUT2D eigenvalue weighted by Crippen LogP contribution is 2.20. The standard InChI is InChI=1S/C15H18FNO2/c16-12-5-3-4-11(10-12)8-9-17-15(19)13-6-1-2-7-14(13)18/h3-5,10,13H,1-2,6-9H2,(H,17,19). The van der Waals surface area contributed by atoms with Crippen molar-refractivity contribution < 1.29 is 14.0 Å². The Morgan fingerprint density at radius 1 is 1.37 bits per heavy atom. The van der Waals surface area contributed by atoms with Crippen LogP contribution in [0, 0.1) is 11.7 Å². The van der Waals surface area contributed by atoms with Crippen molar-refractivity contribution >= 4 is 11.7 Å². The van der Waals surface area contributed by atoms with Gasteiger partial charge in [-0.2, -0.15) is 0 Å². The fourth-order valence-electron chi connectivity index (χ4n) is 2.41. The van der Waals surface area contributed by atoms with Crippen molar-refractivity contribution in [2.24, 2.45) is 5.92 Å². The molecule has 1 fully saturated rings. The van der Waals surface area contributed by atoms with Crippen molar-refractivity contribution in [2.75, 3.05) is 6.54 Å². The summed E-state index contributed by atoms with van der Waals surface area (Å²) >= 11 is 0. The number of Topliss-reactive ketones (excluding diaryl/α,β-unsaturated/α-hetero) is 1. The second-order valence-corrected chi connectivity index (χ2v) is 4.94. The Bertz CT molecular complexity index is 473. The van der Waals surface area contributed by atoms with Gasteiger partial charge >= 0.3 is 0 Å². The zero-order chi connectivity index (χ0) is 13.7. The molecule has 1 amide bonds. The molecule has 3 nitrogen and oxygen atoms in total. The first-order valence-electron chi connectivity index (χ1n) is 6.71.